The first-order chi connectivity index (χ1) is 9.99. The lowest BCUT2D eigenvalue weighted by Crippen LogP contribution is -2.41. The molecule has 2 unspecified atom stereocenters. The van der Waals surface area contributed by atoms with Crippen molar-refractivity contribution in [2.45, 2.75) is 65.8 Å². The fourth-order valence-electron chi connectivity index (χ4n) is 2.07. The molecule has 1 aromatic rings. The number of nitrogens with two attached hydrogens (primary N) is 1. The third-order valence-electron chi connectivity index (χ3n) is 3.93. The summed E-state index contributed by atoms with van der Waals surface area (Å²) < 4.78 is 0. The van der Waals surface area contributed by atoms with Gasteiger partial charge in [0.05, 0.1) is 6.04 Å². The molecule has 1 rings (SSSR count). The van der Waals surface area contributed by atoms with Crippen LogP contribution in [0.1, 0.15) is 57.7 Å². The summed E-state index contributed by atoms with van der Waals surface area (Å²) in [6, 6.07) is -0.525. The largest absolute Gasteiger partial charge is 0.412 e. The van der Waals surface area contributed by atoms with Gasteiger partial charge < -0.3 is 11.2 Å². The second kappa shape index (κ2) is 10.2. The van der Waals surface area contributed by atoms with E-state index in [0.717, 1.165) is 30.5 Å². The average Bonchev–Trinajstić information content (AvgIpc) is 2.48. The van der Waals surface area contributed by atoms with Gasteiger partial charge in [0, 0.05) is 11.9 Å². The zero-order valence-corrected chi connectivity index (χ0v) is 14.1. The maximum Gasteiger partial charge on any atom is 0.243 e. The van der Waals surface area contributed by atoms with Crippen molar-refractivity contribution in [2.24, 2.45) is 11.7 Å². The summed E-state index contributed by atoms with van der Waals surface area (Å²) in [5.74, 6) is 0.261. The van der Waals surface area contributed by atoms with Gasteiger partial charge in [0.1, 0.15) is 0 Å². The van der Waals surface area contributed by atoms with Gasteiger partial charge in [0.25, 0.3) is 0 Å². The highest BCUT2D eigenvalue weighted by molar-refractivity contribution is 5.93. The third kappa shape index (κ3) is 6.07. The van der Waals surface area contributed by atoms with Crippen molar-refractivity contribution >= 4 is 11.9 Å². The van der Waals surface area contributed by atoms with Crippen LogP contribution in [0.4, 0.5) is 5.95 Å². The summed E-state index contributed by atoms with van der Waals surface area (Å²) >= 11 is 0. The molecular weight excluding hydrogens is 280 g/mol. The molecule has 6 heteroatoms. The van der Waals surface area contributed by atoms with Gasteiger partial charge in [0.15, 0.2) is 0 Å². The van der Waals surface area contributed by atoms with E-state index in [0.29, 0.717) is 5.95 Å². The van der Waals surface area contributed by atoms with Gasteiger partial charge in [-0.2, -0.15) is 0 Å². The van der Waals surface area contributed by atoms with Crippen molar-refractivity contribution in [3.63, 3.8) is 0 Å². The van der Waals surface area contributed by atoms with Crippen LogP contribution in [0.25, 0.3) is 0 Å². The minimum absolute atomic E-state index is 0. The molecule has 0 saturated carbocycles. The van der Waals surface area contributed by atoms with Crippen molar-refractivity contribution in [1.29, 1.82) is 0 Å². The number of hydrogen-bond donors (Lipinski definition) is 2. The Morgan fingerprint density at radius 1 is 1.36 bits per heavy atom. The van der Waals surface area contributed by atoms with E-state index in [9.17, 15) is 4.79 Å². The zero-order valence-electron chi connectivity index (χ0n) is 14.1. The highest BCUT2D eigenvalue weighted by Crippen LogP contribution is 2.12. The van der Waals surface area contributed by atoms with E-state index in [2.05, 4.69) is 22.2 Å². The fraction of sp³-hybridized carbons (Fsp3) is 0.688. The zero-order chi connectivity index (χ0) is 15.8. The molecule has 0 aliphatic rings. The Morgan fingerprint density at radius 3 is 2.59 bits per heavy atom. The summed E-state index contributed by atoms with van der Waals surface area (Å²) in [6.45, 7) is 8.12. The first kappa shape index (κ1) is 20.5. The topological polar surface area (TPSA) is 112 Å². The van der Waals surface area contributed by atoms with E-state index in [1.165, 1.54) is 12.8 Å². The van der Waals surface area contributed by atoms with Crippen molar-refractivity contribution < 1.29 is 10.3 Å². The predicted molar refractivity (Wildman–Crippen MR) is 89.7 cm³/mol. The summed E-state index contributed by atoms with van der Waals surface area (Å²) in [7, 11) is 0. The van der Waals surface area contributed by atoms with E-state index < -0.39 is 6.04 Å². The van der Waals surface area contributed by atoms with Crippen LogP contribution in [0.2, 0.25) is 0 Å². The van der Waals surface area contributed by atoms with Crippen LogP contribution in [0.15, 0.2) is 6.20 Å². The first-order valence-electron chi connectivity index (χ1n) is 7.88. The lowest BCUT2D eigenvalue weighted by molar-refractivity contribution is -0.118. The predicted octanol–water partition coefficient (Wildman–Crippen LogP) is 2.00. The number of rotatable bonds is 8. The van der Waals surface area contributed by atoms with Crippen LogP contribution >= 0.6 is 0 Å². The number of hydrogen-bond acceptors (Lipinski definition) is 4. The lowest BCUT2D eigenvalue weighted by Gasteiger charge is -2.17. The fourth-order valence-corrected chi connectivity index (χ4v) is 2.07. The molecule has 0 fully saturated rings. The maximum atomic E-state index is 12.0. The van der Waals surface area contributed by atoms with Crippen LogP contribution in [0.5, 0.6) is 0 Å². The highest BCUT2D eigenvalue weighted by atomic mass is 16.2. The number of aryl methyl sites for hydroxylation is 2. The molecular formula is C16H30N4O2. The first-order valence-corrected chi connectivity index (χ1v) is 7.88. The number of amides is 1. The smallest absolute Gasteiger partial charge is 0.243 e. The van der Waals surface area contributed by atoms with E-state index in [1.54, 1.807) is 0 Å². The molecule has 1 aromatic heterocycles. The van der Waals surface area contributed by atoms with Gasteiger partial charge >= 0.3 is 0 Å². The average molecular weight is 310 g/mol. The molecule has 0 aliphatic heterocycles. The molecule has 1 amide bonds. The monoisotopic (exact) mass is 310 g/mol. The molecule has 1 heterocycles. The minimum atomic E-state index is -0.525. The Bertz CT molecular complexity index is 465. The number of carbonyl (C=O) groups is 1. The van der Waals surface area contributed by atoms with E-state index in [1.807, 2.05) is 27.0 Å². The quantitative estimate of drug-likeness (QED) is 0.715. The number of nitrogens with one attached hydrogen (secondary N) is 1. The summed E-state index contributed by atoms with van der Waals surface area (Å²) in [6.07, 6.45) is 7.21. The Morgan fingerprint density at radius 2 is 2.05 bits per heavy atom. The molecule has 0 aliphatic carbocycles. The number of carbonyl (C=O) groups excluding carboxylic acids is 1. The Kier molecular flexibility index (Phi) is 9.53. The summed E-state index contributed by atoms with van der Waals surface area (Å²) in [4.78, 5) is 20.6. The molecule has 0 aromatic carbocycles. The molecule has 0 radical (unpaired) electrons. The Balaban J connectivity index is 0.00000441. The molecule has 0 bridgehead atoms. The Labute approximate surface area is 133 Å². The second-order valence-electron chi connectivity index (χ2n) is 5.66. The van der Waals surface area contributed by atoms with Crippen LogP contribution < -0.4 is 11.1 Å². The third-order valence-corrected chi connectivity index (χ3v) is 3.93. The van der Waals surface area contributed by atoms with Gasteiger partial charge in [-0.25, -0.2) is 9.97 Å². The number of unbranched alkanes of at least 4 members (excludes halogenated alkanes) is 2. The molecule has 6 nitrogen and oxygen atoms in total. The number of aromatic nitrogens is 2. The van der Waals surface area contributed by atoms with Crippen molar-refractivity contribution in [3.8, 4) is 0 Å². The maximum absolute atomic E-state index is 12.0. The van der Waals surface area contributed by atoms with Crippen LogP contribution in [-0.2, 0) is 11.2 Å². The molecule has 0 saturated heterocycles. The molecule has 126 valence electrons. The van der Waals surface area contributed by atoms with Crippen LogP contribution in [0.3, 0.4) is 0 Å². The van der Waals surface area contributed by atoms with Crippen LogP contribution in [-0.4, -0.2) is 27.4 Å². The van der Waals surface area contributed by atoms with Gasteiger partial charge in [0.2, 0.25) is 11.9 Å². The molecule has 5 N–H and O–H groups in total. The van der Waals surface area contributed by atoms with Gasteiger partial charge in [-0.15, -0.1) is 0 Å². The van der Waals surface area contributed by atoms with Gasteiger partial charge in [-0.3, -0.25) is 10.1 Å². The standard InChI is InChI=1S/C16H28N4O.H2O/c1-5-7-8-9-13-10-18-16(19-12(13)4)20-15(21)14(17)11(3)6-2;/h10-11,14H,5-9,17H2,1-4H3,(H,18,19,20,21);1H2. The number of anilines is 1. The van der Waals surface area contributed by atoms with Gasteiger partial charge in [-0.1, -0.05) is 40.0 Å². The normalized spacial score (nSPS) is 13.1. The Hall–Kier alpha value is -1.53. The summed E-state index contributed by atoms with van der Waals surface area (Å²) in [5, 5.41) is 2.71. The summed E-state index contributed by atoms with van der Waals surface area (Å²) in [5.41, 5.74) is 7.97. The second-order valence-corrected chi connectivity index (χ2v) is 5.66. The molecule has 0 spiro atoms. The van der Waals surface area contributed by atoms with E-state index in [-0.39, 0.29) is 17.3 Å². The minimum Gasteiger partial charge on any atom is -0.412 e. The van der Waals surface area contributed by atoms with Crippen molar-refractivity contribution in [2.75, 3.05) is 5.32 Å². The molecule has 22 heavy (non-hydrogen) atoms. The SMILES string of the molecule is CCCCCc1cnc(NC(=O)C(N)C(C)CC)nc1C.O. The van der Waals surface area contributed by atoms with Gasteiger partial charge in [-0.05, 0) is 31.2 Å². The lowest BCUT2D eigenvalue weighted by atomic mass is 9.99. The van der Waals surface area contributed by atoms with E-state index >= 15 is 0 Å². The van der Waals surface area contributed by atoms with Crippen molar-refractivity contribution in [3.05, 3.63) is 17.5 Å². The van der Waals surface area contributed by atoms with Crippen molar-refractivity contribution in [1.82, 2.24) is 9.97 Å². The highest BCUT2D eigenvalue weighted by Gasteiger charge is 2.20. The van der Waals surface area contributed by atoms with E-state index in [4.69, 9.17) is 5.73 Å². The van der Waals surface area contributed by atoms with Crippen LogP contribution in [0, 0.1) is 12.8 Å². The number of nitrogens with zero attached hydrogens (tertiary/aromatic N) is 2. The molecule has 2 atom stereocenters.